The van der Waals surface area contributed by atoms with Gasteiger partial charge >= 0.3 is 6.03 Å². The molecule has 0 aliphatic carbocycles. The number of fused-ring (bicyclic) bond motifs is 1. The summed E-state index contributed by atoms with van der Waals surface area (Å²) in [6.45, 7) is 5.53. The normalized spacial score (nSPS) is 19.9. The van der Waals surface area contributed by atoms with Crippen LogP contribution >= 0.6 is 0 Å². The van der Waals surface area contributed by atoms with Crippen molar-refractivity contribution in [2.45, 2.75) is 32.2 Å². The van der Waals surface area contributed by atoms with Crippen LogP contribution in [0.5, 0.6) is 0 Å². The van der Waals surface area contributed by atoms with Crippen molar-refractivity contribution in [1.29, 1.82) is 0 Å². The highest BCUT2D eigenvalue weighted by Gasteiger charge is 2.21. The Labute approximate surface area is 143 Å². The molecule has 2 N–H and O–H groups in total. The number of likely N-dealkylation sites (N-methyl/N-ethyl adjacent to an activating group) is 1. The van der Waals surface area contributed by atoms with Gasteiger partial charge in [0, 0.05) is 31.7 Å². The summed E-state index contributed by atoms with van der Waals surface area (Å²) in [5.41, 5.74) is 3.11. The second-order valence-corrected chi connectivity index (χ2v) is 6.78. The molecule has 130 valence electrons. The van der Waals surface area contributed by atoms with E-state index in [9.17, 15) is 9.59 Å². The van der Waals surface area contributed by atoms with Crippen LogP contribution in [-0.4, -0.2) is 55.0 Å². The van der Waals surface area contributed by atoms with E-state index in [1.165, 1.54) is 0 Å². The Balaban J connectivity index is 1.63. The molecular weight excluding hydrogens is 304 g/mol. The number of anilines is 1. The summed E-state index contributed by atoms with van der Waals surface area (Å²) in [4.78, 5) is 28.1. The molecule has 1 aromatic carbocycles. The lowest BCUT2D eigenvalue weighted by molar-refractivity contribution is -0.116. The molecule has 0 saturated carbocycles. The molecule has 1 saturated heterocycles. The Morgan fingerprint density at radius 2 is 2.04 bits per heavy atom. The number of benzene rings is 1. The van der Waals surface area contributed by atoms with E-state index in [1.807, 2.05) is 24.0 Å². The van der Waals surface area contributed by atoms with Crippen molar-refractivity contribution in [2.24, 2.45) is 0 Å². The molecule has 0 aromatic heterocycles. The van der Waals surface area contributed by atoms with Crippen LogP contribution in [-0.2, 0) is 11.2 Å². The lowest BCUT2D eigenvalue weighted by Gasteiger charge is -2.25. The Hall–Kier alpha value is -2.08. The number of hydrogen-bond donors (Lipinski definition) is 2. The number of hydrogen-bond acceptors (Lipinski definition) is 3. The van der Waals surface area contributed by atoms with Crippen LogP contribution < -0.4 is 10.6 Å². The molecule has 0 spiro atoms. The first-order valence-corrected chi connectivity index (χ1v) is 8.69. The number of urea groups is 1. The summed E-state index contributed by atoms with van der Waals surface area (Å²) in [6, 6.07) is 5.96. The van der Waals surface area contributed by atoms with Crippen LogP contribution in [0.3, 0.4) is 0 Å². The number of nitrogens with one attached hydrogen (secondary N) is 2. The zero-order chi connectivity index (χ0) is 17.1. The average molecular weight is 330 g/mol. The molecule has 6 nitrogen and oxygen atoms in total. The molecule has 24 heavy (non-hydrogen) atoms. The van der Waals surface area contributed by atoms with Crippen molar-refractivity contribution >= 4 is 17.6 Å². The minimum Gasteiger partial charge on any atom is -0.331 e. The van der Waals surface area contributed by atoms with Crippen molar-refractivity contribution in [1.82, 2.24) is 15.1 Å². The second kappa shape index (κ2) is 7.21. The van der Waals surface area contributed by atoms with Gasteiger partial charge in [-0.2, -0.15) is 0 Å². The van der Waals surface area contributed by atoms with Crippen molar-refractivity contribution in [2.75, 3.05) is 38.5 Å². The first kappa shape index (κ1) is 16.8. The number of aryl methyl sites for hydroxylation is 1. The van der Waals surface area contributed by atoms with Crippen molar-refractivity contribution < 1.29 is 9.59 Å². The van der Waals surface area contributed by atoms with E-state index in [-0.39, 0.29) is 18.0 Å². The molecule has 0 unspecified atom stereocenters. The minimum absolute atomic E-state index is 0.00354. The quantitative estimate of drug-likeness (QED) is 0.871. The third kappa shape index (κ3) is 3.87. The number of nitrogens with zero attached hydrogens (tertiary/aromatic N) is 2. The first-order chi connectivity index (χ1) is 11.5. The topological polar surface area (TPSA) is 64.7 Å². The molecule has 6 heteroatoms. The maximum atomic E-state index is 12.5. The van der Waals surface area contributed by atoms with Gasteiger partial charge < -0.3 is 20.4 Å². The molecule has 3 amide bonds. The third-order valence-electron chi connectivity index (χ3n) is 4.87. The fourth-order valence-corrected chi connectivity index (χ4v) is 3.28. The number of carbonyl (C=O) groups is 2. The second-order valence-electron chi connectivity index (χ2n) is 6.78. The Morgan fingerprint density at radius 3 is 2.88 bits per heavy atom. The summed E-state index contributed by atoms with van der Waals surface area (Å²) >= 11 is 0. The molecule has 2 aliphatic heterocycles. The van der Waals surface area contributed by atoms with E-state index < -0.39 is 0 Å². The number of rotatable bonds is 2. The molecule has 1 aromatic rings. The van der Waals surface area contributed by atoms with Crippen LogP contribution in [0.4, 0.5) is 10.5 Å². The van der Waals surface area contributed by atoms with Crippen molar-refractivity contribution in [3.05, 3.63) is 29.3 Å². The number of carbonyl (C=O) groups excluding carboxylic acids is 2. The summed E-state index contributed by atoms with van der Waals surface area (Å²) in [5.74, 6) is 0.0720. The third-order valence-corrected chi connectivity index (χ3v) is 4.87. The van der Waals surface area contributed by atoms with Gasteiger partial charge in [-0.15, -0.1) is 0 Å². The summed E-state index contributed by atoms with van der Waals surface area (Å²) in [5, 5.41) is 6.00. The standard InChI is InChI=1S/C18H26N4O2/c1-13(19-18(24)22-9-3-8-21(2)10-11-22)14-4-6-16-15(12-14)5-7-17(23)20-16/h4,6,12-13H,3,5,7-11H2,1-2H3,(H,19,24)(H,20,23)/t13-/m1/s1. The lowest BCUT2D eigenvalue weighted by Crippen LogP contribution is -2.42. The maximum Gasteiger partial charge on any atom is 0.317 e. The van der Waals surface area contributed by atoms with Crippen LogP contribution in [0.1, 0.15) is 36.9 Å². The monoisotopic (exact) mass is 330 g/mol. The average Bonchev–Trinajstić information content (AvgIpc) is 2.79. The smallest absolute Gasteiger partial charge is 0.317 e. The molecular formula is C18H26N4O2. The highest BCUT2D eigenvalue weighted by Crippen LogP contribution is 2.26. The van der Waals surface area contributed by atoms with E-state index in [2.05, 4.69) is 28.6 Å². The van der Waals surface area contributed by atoms with Gasteiger partial charge in [-0.3, -0.25) is 4.79 Å². The Kier molecular flexibility index (Phi) is 5.04. The van der Waals surface area contributed by atoms with Gasteiger partial charge in [0.15, 0.2) is 0 Å². The van der Waals surface area contributed by atoms with Crippen LogP contribution in [0.25, 0.3) is 0 Å². The Morgan fingerprint density at radius 1 is 1.21 bits per heavy atom. The van der Waals surface area contributed by atoms with Crippen LogP contribution in [0.2, 0.25) is 0 Å². The molecule has 2 heterocycles. The lowest BCUT2D eigenvalue weighted by atomic mass is 9.98. The minimum atomic E-state index is -0.0542. The SMILES string of the molecule is C[C@@H](NC(=O)N1CCCN(C)CC1)c1ccc2c(c1)CCC(=O)N2. The fourth-order valence-electron chi connectivity index (χ4n) is 3.28. The molecule has 1 atom stereocenters. The van der Waals surface area contributed by atoms with E-state index in [0.717, 1.165) is 55.8 Å². The van der Waals surface area contributed by atoms with Gasteiger partial charge in [-0.25, -0.2) is 4.79 Å². The number of amides is 3. The summed E-state index contributed by atoms with van der Waals surface area (Å²) < 4.78 is 0. The van der Waals surface area contributed by atoms with Gasteiger partial charge in [0.25, 0.3) is 0 Å². The predicted octanol–water partition coefficient (Wildman–Crippen LogP) is 1.98. The highest BCUT2D eigenvalue weighted by molar-refractivity contribution is 5.93. The molecule has 3 rings (SSSR count). The molecule has 0 bridgehead atoms. The van der Waals surface area contributed by atoms with Crippen molar-refractivity contribution in [3.8, 4) is 0 Å². The van der Waals surface area contributed by atoms with E-state index in [1.54, 1.807) is 0 Å². The van der Waals surface area contributed by atoms with Gasteiger partial charge in [0.1, 0.15) is 0 Å². The van der Waals surface area contributed by atoms with Gasteiger partial charge in [-0.05, 0) is 50.6 Å². The van der Waals surface area contributed by atoms with E-state index in [0.29, 0.717) is 6.42 Å². The predicted molar refractivity (Wildman–Crippen MR) is 94.0 cm³/mol. The van der Waals surface area contributed by atoms with Crippen molar-refractivity contribution in [3.63, 3.8) is 0 Å². The fraction of sp³-hybridized carbons (Fsp3) is 0.556. The highest BCUT2D eigenvalue weighted by atomic mass is 16.2. The zero-order valence-electron chi connectivity index (χ0n) is 14.5. The maximum absolute atomic E-state index is 12.5. The zero-order valence-corrected chi connectivity index (χ0v) is 14.5. The largest absolute Gasteiger partial charge is 0.331 e. The van der Waals surface area contributed by atoms with Crippen LogP contribution in [0.15, 0.2) is 18.2 Å². The van der Waals surface area contributed by atoms with Gasteiger partial charge in [-0.1, -0.05) is 12.1 Å². The Bertz CT molecular complexity index is 631. The molecule has 2 aliphatic rings. The van der Waals surface area contributed by atoms with Gasteiger partial charge in [0.05, 0.1) is 6.04 Å². The first-order valence-electron chi connectivity index (χ1n) is 8.69. The summed E-state index contributed by atoms with van der Waals surface area (Å²) in [7, 11) is 2.09. The molecule has 1 fully saturated rings. The molecule has 0 radical (unpaired) electrons. The van der Waals surface area contributed by atoms with Crippen LogP contribution in [0, 0.1) is 0 Å². The van der Waals surface area contributed by atoms with E-state index >= 15 is 0 Å². The summed E-state index contributed by atoms with van der Waals surface area (Å²) in [6.07, 6.45) is 2.30. The van der Waals surface area contributed by atoms with Gasteiger partial charge in [0.2, 0.25) is 5.91 Å². The van der Waals surface area contributed by atoms with E-state index in [4.69, 9.17) is 0 Å².